The van der Waals surface area contributed by atoms with Gasteiger partial charge in [-0.15, -0.1) is 0 Å². The minimum absolute atomic E-state index is 0.802. The number of aliphatic hydroxyl groups excluding tert-OH is 4. The van der Waals surface area contributed by atoms with Gasteiger partial charge in [-0.1, -0.05) is 0 Å². The lowest BCUT2D eigenvalue weighted by atomic mass is 9.88. The molecule has 6 atom stereocenters. The van der Waals surface area contributed by atoms with Crippen LogP contribution in [0.3, 0.4) is 0 Å². The number of nitrogens with one attached hydrogen (secondary N) is 1. The molecule has 0 aromatic heterocycles. The molecule has 0 aromatic carbocycles. The van der Waals surface area contributed by atoms with E-state index in [0.717, 1.165) is 7.11 Å². The van der Waals surface area contributed by atoms with Gasteiger partial charge in [-0.2, -0.15) is 0 Å². The molecular weight excluding hydrogens is 302 g/mol. The molecule has 1 amide bonds. The highest BCUT2D eigenvalue weighted by molar-refractivity contribution is 5.78. The van der Waals surface area contributed by atoms with Crippen LogP contribution in [0.2, 0.25) is 0 Å². The van der Waals surface area contributed by atoms with E-state index in [0.29, 0.717) is 0 Å². The summed E-state index contributed by atoms with van der Waals surface area (Å²) in [4.78, 5) is 23.3. The maximum absolute atomic E-state index is 11.7. The molecule has 6 N–H and O–H groups in total. The Balaban J connectivity index is 3.16. The van der Waals surface area contributed by atoms with E-state index in [1.54, 1.807) is 0 Å². The molecule has 1 saturated heterocycles. The molecule has 0 saturated carbocycles. The number of hydrogen-bond donors (Lipinski definition) is 6. The van der Waals surface area contributed by atoms with Crippen LogP contribution >= 0.6 is 0 Å². The van der Waals surface area contributed by atoms with Crippen molar-refractivity contribution in [2.75, 3.05) is 13.7 Å². The van der Waals surface area contributed by atoms with Crippen LogP contribution in [-0.2, 0) is 19.1 Å². The summed E-state index contributed by atoms with van der Waals surface area (Å²) in [6.45, 7) is -4.03. The molecule has 10 nitrogen and oxygen atoms in total. The Morgan fingerprint density at radius 2 is 2.18 bits per heavy atom. The quantitative estimate of drug-likeness (QED) is 0.278. The monoisotopic (exact) mass is 326 g/mol. The van der Waals surface area contributed by atoms with Crippen LogP contribution in [0, 0.1) is 0 Å². The van der Waals surface area contributed by atoms with Gasteiger partial charge in [0, 0.05) is 17.4 Å². The van der Waals surface area contributed by atoms with E-state index in [9.17, 15) is 30.0 Å². The molecular formula is C12H21NO9. The van der Waals surface area contributed by atoms with Crippen LogP contribution in [0.5, 0.6) is 0 Å². The number of amides is 1. The smallest absolute Gasteiger partial charge is 0.366 e. The molecule has 0 bridgehead atoms. The Hall–Kier alpha value is -1.30. The predicted molar refractivity (Wildman–Crippen MR) is 69.2 cm³/mol. The molecule has 128 valence electrons. The fraction of sp³-hybridized carbons (Fsp3) is 0.833. The van der Waals surface area contributed by atoms with E-state index < -0.39 is 68.0 Å². The highest BCUT2D eigenvalue weighted by Crippen LogP contribution is 2.31. The van der Waals surface area contributed by atoms with E-state index in [-0.39, 0.29) is 0 Å². The van der Waals surface area contributed by atoms with Gasteiger partial charge < -0.3 is 40.3 Å². The molecule has 1 heterocycles. The first-order valence-electron chi connectivity index (χ1n) is 7.82. The van der Waals surface area contributed by atoms with Crippen LogP contribution < -0.4 is 5.32 Å². The van der Waals surface area contributed by atoms with E-state index in [1.807, 2.05) is 5.32 Å². The third-order valence-electron chi connectivity index (χ3n) is 3.31. The van der Waals surface area contributed by atoms with Gasteiger partial charge in [0.2, 0.25) is 5.91 Å². The molecule has 10 heteroatoms. The molecule has 1 unspecified atom stereocenters. The number of carbonyl (C=O) groups excluding carboxylic acids is 2. The lowest BCUT2D eigenvalue weighted by Gasteiger charge is -2.45. The van der Waals surface area contributed by atoms with Crippen molar-refractivity contribution < 1.29 is 48.7 Å². The number of hydrogen-bond acceptors (Lipinski definition) is 9. The van der Waals surface area contributed by atoms with E-state index >= 15 is 0 Å². The topological polar surface area (TPSA) is 166 Å². The van der Waals surface area contributed by atoms with Crippen molar-refractivity contribution >= 4 is 11.9 Å². The standard InChI is InChI=1S/C12H21NO9/c1-5(15)13-8-6(16)3-12(20,11(19)21-2)22-10(8)9(18)7(17)4-14/h6-10,14,16-18,20H,3-4H2,1-2H3,(H,13,15)/t6-,7+,8+,9+,10+,12?/m0/s1/i1D3. The number of aliphatic hydroxyl groups is 5. The summed E-state index contributed by atoms with van der Waals surface area (Å²) in [5.41, 5.74) is 0. The second-order valence-electron chi connectivity index (χ2n) is 4.87. The molecule has 0 aromatic rings. The van der Waals surface area contributed by atoms with Crippen LogP contribution in [0.15, 0.2) is 0 Å². The Morgan fingerprint density at radius 1 is 1.55 bits per heavy atom. The molecule has 0 aliphatic carbocycles. The number of methoxy groups -OCH3 is 1. The Morgan fingerprint density at radius 3 is 2.68 bits per heavy atom. The number of ether oxygens (including phenoxy) is 2. The first-order chi connectivity index (χ1) is 11.4. The molecule has 1 aliphatic rings. The highest BCUT2D eigenvalue weighted by atomic mass is 16.7. The normalized spacial score (nSPS) is 37.2. The van der Waals surface area contributed by atoms with Crippen LogP contribution in [-0.4, -0.2) is 87.4 Å². The summed E-state index contributed by atoms with van der Waals surface area (Å²) in [6, 6.07) is -1.60. The van der Waals surface area contributed by atoms with Crippen molar-refractivity contribution in [3.05, 3.63) is 0 Å². The Labute approximate surface area is 130 Å². The van der Waals surface area contributed by atoms with Gasteiger partial charge in [0.15, 0.2) is 0 Å². The minimum Gasteiger partial charge on any atom is -0.465 e. The summed E-state index contributed by atoms with van der Waals surface area (Å²) in [7, 11) is 0.923. The van der Waals surface area contributed by atoms with Crippen LogP contribution in [0.25, 0.3) is 0 Å². The summed E-state index contributed by atoms with van der Waals surface area (Å²) in [5.74, 6) is -5.52. The van der Waals surface area contributed by atoms with Crippen molar-refractivity contribution in [2.24, 2.45) is 0 Å². The molecule has 1 aliphatic heterocycles. The second-order valence-corrected chi connectivity index (χ2v) is 4.87. The first-order valence-corrected chi connectivity index (χ1v) is 6.32. The molecule has 0 spiro atoms. The average Bonchev–Trinajstić information content (AvgIpc) is 2.53. The summed E-state index contributed by atoms with van der Waals surface area (Å²) in [6.07, 6.45) is -8.19. The first kappa shape index (κ1) is 14.3. The zero-order valence-electron chi connectivity index (χ0n) is 14.7. The van der Waals surface area contributed by atoms with Crippen molar-refractivity contribution in [1.29, 1.82) is 0 Å². The molecule has 0 radical (unpaired) electrons. The van der Waals surface area contributed by atoms with Gasteiger partial charge in [-0.3, -0.25) is 4.79 Å². The molecule has 1 rings (SSSR count). The zero-order valence-corrected chi connectivity index (χ0v) is 11.7. The second kappa shape index (κ2) is 7.31. The van der Waals surface area contributed by atoms with Crippen molar-refractivity contribution in [3.8, 4) is 0 Å². The summed E-state index contributed by atoms with van der Waals surface area (Å²) >= 11 is 0. The predicted octanol–water partition coefficient (Wildman–Crippen LogP) is -3.78. The number of esters is 1. The van der Waals surface area contributed by atoms with Crippen molar-refractivity contribution in [3.63, 3.8) is 0 Å². The lowest BCUT2D eigenvalue weighted by molar-refractivity contribution is -0.296. The zero-order chi connectivity index (χ0) is 19.6. The summed E-state index contributed by atoms with van der Waals surface area (Å²) < 4.78 is 30.4. The fourth-order valence-corrected chi connectivity index (χ4v) is 2.21. The van der Waals surface area contributed by atoms with Gasteiger partial charge in [-0.25, -0.2) is 4.79 Å². The van der Waals surface area contributed by atoms with Gasteiger partial charge in [0.25, 0.3) is 5.79 Å². The van der Waals surface area contributed by atoms with Gasteiger partial charge >= 0.3 is 5.97 Å². The van der Waals surface area contributed by atoms with E-state index in [4.69, 9.17) is 14.0 Å². The number of rotatable bonds is 5. The van der Waals surface area contributed by atoms with E-state index in [1.165, 1.54) is 0 Å². The fourth-order valence-electron chi connectivity index (χ4n) is 2.21. The number of carbonyl (C=O) groups is 2. The van der Waals surface area contributed by atoms with Crippen molar-refractivity contribution in [1.82, 2.24) is 5.32 Å². The molecule has 1 fully saturated rings. The molecule has 22 heavy (non-hydrogen) atoms. The average molecular weight is 326 g/mol. The third kappa shape index (κ3) is 3.91. The Bertz CT molecular complexity index is 503. The summed E-state index contributed by atoms with van der Waals surface area (Å²) in [5, 5.41) is 50.7. The van der Waals surface area contributed by atoms with Crippen molar-refractivity contribution in [2.45, 2.75) is 49.5 Å². The van der Waals surface area contributed by atoms with Gasteiger partial charge in [0.05, 0.1) is 25.9 Å². The van der Waals surface area contributed by atoms with Crippen LogP contribution in [0.1, 0.15) is 17.4 Å². The van der Waals surface area contributed by atoms with Gasteiger partial charge in [0.1, 0.15) is 18.3 Å². The maximum Gasteiger partial charge on any atom is 0.366 e. The Kier molecular flexibility index (Phi) is 4.75. The van der Waals surface area contributed by atoms with Crippen LogP contribution in [0.4, 0.5) is 0 Å². The lowest BCUT2D eigenvalue weighted by Crippen LogP contribution is -2.67. The van der Waals surface area contributed by atoms with Gasteiger partial charge in [-0.05, 0) is 0 Å². The largest absolute Gasteiger partial charge is 0.465 e. The minimum atomic E-state index is -3.08. The SMILES string of the molecule is [2H]C([2H])([2H])C(=O)N[C@H]1[C@H]([C@H](O)[C@H](O)CO)OC(O)(C(=O)OC)C[C@@H]1O. The van der Waals surface area contributed by atoms with E-state index in [2.05, 4.69) is 4.74 Å². The maximum atomic E-state index is 11.7. The highest BCUT2D eigenvalue weighted by Gasteiger charge is 2.54. The third-order valence-corrected chi connectivity index (χ3v) is 3.31.